The van der Waals surface area contributed by atoms with Gasteiger partial charge in [-0.15, -0.1) is 0 Å². The highest BCUT2D eigenvalue weighted by Gasteiger charge is 2.18. The van der Waals surface area contributed by atoms with Gasteiger partial charge in [0.15, 0.2) is 0 Å². The molecule has 1 amide bonds. The van der Waals surface area contributed by atoms with E-state index in [2.05, 4.69) is 12.2 Å². The van der Waals surface area contributed by atoms with Gasteiger partial charge in [-0.05, 0) is 19.0 Å². The first-order chi connectivity index (χ1) is 9.12. The standard InChI is InChI=1S/C14H22N2O3/c1-4-7-16-12(9-14(15)17)11-6-5-10(18-2)8-13(11)19-3/h5-6,8,12,16H,4,7,9H2,1-3H3,(H2,15,17). The van der Waals surface area contributed by atoms with E-state index >= 15 is 0 Å². The minimum atomic E-state index is -0.341. The van der Waals surface area contributed by atoms with Crippen LogP contribution in [0.2, 0.25) is 0 Å². The van der Waals surface area contributed by atoms with Crippen LogP contribution in [-0.2, 0) is 4.79 Å². The molecule has 5 heteroatoms. The molecular weight excluding hydrogens is 244 g/mol. The smallest absolute Gasteiger partial charge is 0.219 e. The Morgan fingerprint density at radius 3 is 2.63 bits per heavy atom. The number of ether oxygens (including phenoxy) is 2. The number of benzene rings is 1. The summed E-state index contributed by atoms with van der Waals surface area (Å²) < 4.78 is 10.5. The molecule has 0 aliphatic carbocycles. The van der Waals surface area contributed by atoms with Crippen LogP contribution in [0.1, 0.15) is 31.4 Å². The van der Waals surface area contributed by atoms with Gasteiger partial charge in [-0.2, -0.15) is 0 Å². The quantitative estimate of drug-likeness (QED) is 0.750. The lowest BCUT2D eigenvalue weighted by Gasteiger charge is -2.20. The molecule has 0 bridgehead atoms. The predicted molar refractivity (Wildman–Crippen MR) is 74.4 cm³/mol. The van der Waals surface area contributed by atoms with Crippen LogP contribution in [0.25, 0.3) is 0 Å². The van der Waals surface area contributed by atoms with E-state index in [1.165, 1.54) is 0 Å². The average molecular weight is 266 g/mol. The van der Waals surface area contributed by atoms with E-state index in [9.17, 15) is 4.79 Å². The number of amides is 1. The summed E-state index contributed by atoms with van der Waals surface area (Å²) in [6.45, 7) is 2.88. The molecule has 3 N–H and O–H groups in total. The van der Waals surface area contributed by atoms with Crippen molar-refractivity contribution in [3.63, 3.8) is 0 Å². The van der Waals surface area contributed by atoms with Gasteiger partial charge in [-0.25, -0.2) is 0 Å². The van der Waals surface area contributed by atoms with E-state index in [1.807, 2.05) is 12.1 Å². The maximum atomic E-state index is 11.2. The SMILES string of the molecule is CCCNC(CC(N)=O)c1ccc(OC)cc1OC. The molecule has 0 aliphatic heterocycles. The van der Waals surface area contributed by atoms with E-state index in [1.54, 1.807) is 20.3 Å². The van der Waals surface area contributed by atoms with Crippen LogP contribution in [0, 0.1) is 0 Å². The Hall–Kier alpha value is -1.75. The first-order valence-electron chi connectivity index (χ1n) is 6.36. The maximum absolute atomic E-state index is 11.2. The number of carbonyl (C=O) groups is 1. The third-order valence-corrected chi connectivity index (χ3v) is 2.86. The molecule has 0 aliphatic rings. The van der Waals surface area contributed by atoms with Crippen molar-refractivity contribution < 1.29 is 14.3 Å². The largest absolute Gasteiger partial charge is 0.497 e. The van der Waals surface area contributed by atoms with E-state index in [4.69, 9.17) is 15.2 Å². The molecule has 19 heavy (non-hydrogen) atoms. The van der Waals surface area contributed by atoms with Crippen LogP contribution in [-0.4, -0.2) is 26.7 Å². The summed E-state index contributed by atoms with van der Waals surface area (Å²) in [5.41, 5.74) is 6.22. The van der Waals surface area contributed by atoms with Gasteiger partial charge in [0.2, 0.25) is 5.91 Å². The van der Waals surface area contributed by atoms with Crippen molar-refractivity contribution in [1.82, 2.24) is 5.32 Å². The molecule has 1 aromatic rings. The lowest BCUT2D eigenvalue weighted by atomic mass is 10.0. The molecule has 106 valence electrons. The van der Waals surface area contributed by atoms with Gasteiger partial charge in [-0.3, -0.25) is 4.79 Å². The molecule has 1 aromatic carbocycles. The predicted octanol–water partition coefficient (Wildman–Crippen LogP) is 1.62. The number of hydrogen-bond acceptors (Lipinski definition) is 4. The Morgan fingerprint density at radius 2 is 2.11 bits per heavy atom. The van der Waals surface area contributed by atoms with Crippen molar-refractivity contribution in [2.24, 2.45) is 5.73 Å². The Bertz CT molecular complexity index is 421. The molecular formula is C14H22N2O3. The van der Waals surface area contributed by atoms with Crippen molar-refractivity contribution in [1.29, 1.82) is 0 Å². The molecule has 1 unspecified atom stereocenters. The minimum absolute atomic E-state index is 0.140. The Labute approximate surface area is 114 Å². The number of hydrogen-bond donors (Lipinski definition) is 2. The van der Waals surface area contributed by atoms with E-state index in [-0.39, 0.29) is 18.4 Å². The Kier molecular flexibility index (Phi) is 6.15. The first kappa shape index (κ1) is 15.3. The van der Waals surface area contributed by atoms with Crippen molar-refractivity contribution >= 4 is 5.91 Å². The molecule has 5 nitrogen and oxygen atoms in total. The highest BCUT2D eigenvalue weighted by molar-refractivity contribution is 5.75. The third-order valence-electron chi connectivity index (χ3n) is 2.86. The number of nitrogens with two attached hydrogens (primary N) is 1. The number of primary amides is 1. The molecule has 1 atom stereocenters. The lowest BCUT2D eigenvalue weighted by molar-refractivity contribution is -0.118. The second-order valence-electron chi connectivity index (χ2n) is 4.29. The highest BCUT2D eigenvalue weighted by atomic mass is 16.5. The normalized spacial score (nSPS) is 11.9. The second-order valence-corrected chi connectivity index (χ2v) is 4.29. The van der Waals surface area contributed by atoms with Crippen LogP contribution >= 0.6 is 0 Å². The zero-order chi connectivity index (χ0) is 14.3. The topological polar surface area (TPSA) is 73.6 Å². The lowest BCUT2D eigenvalue weighted by Crippen LogP contribution is -2.27. The van der Waals surface area contributed by atoms with Crippen LogP contribution in [0.5, 0.6) is 11.5 Å². The van der Waals surface area contributed by atoms with Gasteiger partial charge in [0, 0.05) is 24.1 Å². The van der Waals surface area contributed by atoms with E-state index in [0.717, 1.165) is 18.5 Å². The first-order valence-corrected chi connectivity index (χ1v) is 6.36. The molecule has 1 rings (SSSR count). The zero-order valence-electron chi connectivity index (χ0n) is 11.7. The van der Waals surface area contributed by atoms with Gasteiger partial charge in [-0.1, -0.05) is 13.0 Å². The second kappa shape index (κ2) is 7.63. The van der Waals surface area contributed by atoms with E-state index < -0.39 is 0 Å². The van der Waals surface area contributed by atoms with E-state index in [0.29, 0.717) is 11.5 Å². The summed E-state index contributed by atoms with van der Waals surface area (Å²) in [7, 11) is 3.20. The van der Waals surface area contributed by atoms with Gasteiger partial charge >= 0.3 is 0 Å². The number of nitrogens with one attached hydrogen (secondary N) is 1. The summed E-state index contributed by atoms with van der Waals surface area (Å²) in [6.07, 6.45) is 1.22. The van der Waals surface area contributed by atoms with Gasteiger partial charge in [0.1, 0.15) is 11.5 Å². The van der Waals surface area contributed by atoms with Crippen LogP contribution in [0.15, 0.2) is 18.2 Å². The summed E-state index contributed by atoms with van der Waals surface area (Å²) in [5.74, 6) is 1.06. The van der Waals surface area contributed by atoms with Crippen molar-refractivity contribution in [3.8, 4) is 11.5 Å². The monoisotopic (exact) mass is 266 g/mol. The number of carbonyl (C=O) groups excluding carboxylic acids is 1. The van der Waals surface area contributed by atoms with Crippen LogP contribution in [0.3, 0.4) is 0 Å². The molecule has 0 radical (unpaired) electrons. The number of methoxy groups -OCH3 is 2. The van der Waals surface area contributed by atoms with Crippen molar-refractivity contribution in [3.05, 3.63) is 23.8 Å². The molecule has 0 heterocycles. The molecule has 0 saturated carbocycles. The fourth-order valence-electron chi connectivity index (χ4n) is 1.92. The van der Waals surface area contributed by atoms with Crippen molar-refractivity contribution in [2.45, 2.75) is 25.8 Å². The summed E-state index contributed by atoms with van der Waals surface area (Å²) in [4.78, 5) is 11.2. The van der Waals surface area contributed by atoms with Gasteiger partial charge < -0.3 is 20.5 Å². The molecule has 0 saturated heterocycles. The third kappa shape index (κ3) is 4.44. The maximum Gasteiger partial charge on any atom is 0.219 e. The fraction of sp³-hybridized carbons (Fsp3) is 0.500. The zero-order valence-corrected chi connectivity index (χ0v) is 11.7. The summed E-state index contributed by atoms with van der Waals surface area (Å²) in [6, 6.07) is 5.41. The van der Waals surface area contributed by atoms with Gasteiger partial charge in [0.25, 0.3) is 0 Å². The van der Waals surface area contributed by atoms with Crippen LogP contribution < -0.4 is 20.5 Å². The Morgan fingerprint density at radius 1 is 1.37 bits per heavy atom. The fourth-order valence-corrected chi connectivity index (χ4v) is 1.92. The average Bonchev–Trinajstić information content (AvgIpc) is 2.42. The summed E-state index contributed by atoms with van der Waals surface area (Å²) in [5, 5.41) is 3.31. The molecule has 0 spiro atoms. The number of rotatable bonds is 8. The molecule has 0 fully saturated rings. The van der Waals surface area contributed by atoms with Gasteiger partial charge in [0.05, 0.1) is 14.2 Å². The summed E-state index contributed by atoms with van der Waals surface area (Å²) >= 11 is 0. The Balaban J connectivity index is 3.02. The molecule has 0 aromatic heterocycles. The van der Waals surface area contributed by atoms with Crippen LogP contribution in [0.4, 0.5) is 0 Å². The van der Waals surface area contributed by atoms with Crippen molar-refractivity contribution in [2.75, 3.05) is 20.8 Å². The highest BCUT2D eigenvalue weighted by Crippen LogP contribution is 2.30. The minimum Gasteiger partial charge on any atom is -0.497 e.